The molecule has 2 atom stereocenters. The van der Waals surface area contributed by atoms with Crippen molar-refractivity contribution in [3.8, 4) is 0 Å². The van der Waals surface area contributed by atoms with E-state index in [1.165, 1.54) is 24.1 Å². The summed E-state index contributed by atoms with van der Waals surface area (Å²) in [6.45, 7) is 3.11. The van der Waals surface area contributed by atoms with Crippen molar-refractivity contribution in [1.29, 1.82) is 0 Å². The average Bonchev–Trinajstić information content (AvgIpc) is 3.20. The highest BCUT2D eigenvalue weighted by Gasteiger charge is 2.28. The lowest BCUT2D eigenvalue weighted by Gasteiger charge is -2.31. The third-order valence-electron chi connectivity index (χ3n) is 5.89. The third-order valence-corrected chi connectivity index (χ3v) is 5.89. The van der Waals surface area contributed by atoms with Gasteiger partial charge in [-0.15, -0.1) is 0 Å². The highest BCUT2D eigenvalue weighted by Crippen LogP contribution is 2.36. The van der Waals surface area contributed by atoms with Crippen LogP contribution < -0.4 is 11.1 Å². The zero-order valence-corrected chi connectivity index (χ0v) is 16.9. The second-order valence-electron chi connectivity index (χ2n) is 7.81. The van der Waals surface area contributed by atoms with Crippen LogP contribution in [0.4, 0.5) is 0 Å². The lowest BCUT2D eigenvalue weighted by atomic mass is 9.77. The Morgan fingerprint density at radius 1 is 1.10 bits per heavy atom. The van der Waals surface area contributed by atoms with E-state index in [2.05, 4.69) is 32.0 Å². The van der Waals surface area contributed by atoms with Gasteiger partial charge in [0.05, 0.1) is 18.8 Å². The van der Waals surface area contributed by atoms with Crippen molar-refractivity contribution < 1.29 is 0 Å². The molecule has 0 amide bonds. The van der Waals surface area contributed by atoms with Gasteiger partial charge in [0, 0.05) is 36.4 Å². The largest absolute Gasteiger partial charge is 0.330 e. The van der Waals surface area contributed by atoms with Crippen molar-refractivity contribution in [3.05, 3.63) is 77.9 Å². The topological polar surface area (TPSA) is 81.6 Å². The maximum atomic E-state index is 5.96. The molecular weight excluding hydrogens is 360 g/mol. The second kappa shape index (κ2) is 9.76. The normalized spacial score (nSPS) is 17.1. The molecule has 3 aromatic heterocycles. The summed E-state index contributed by atoms with van der Waals surface area (Å²) in [5.74, 6) is 2.02. The molecule has 0 spiro atoms. The minimum Gasteiger partial charge on any atom is -0.330 e. The molecule has 152 valence electrons. The van der Waals surface area contributed by atoms with E-state index in [0.717, 1.165) is 44.0 Å². The molecule has 0 saturated carbocycles. The van der Waals surface area contributed by atoms with Gasteiger partial charge in [0.15, 0.2) is 0 Å². The van der Waals surface area contributed by atoms with E-state index in [0.29, 0.717) is 18.4 Å². The lowest BCUT2D eigenvalue weighted by Crippen LogP contribution is -2.31. The molecule has 3 heterocycles. The molecule has 29 heavy (non-hydrogen) atoms. The number of nitrogens with one attached hydrogen (secondary N) is 1. The molecule has 6 heteroatoms. The minimum atomic E-state index is 0.490. The molecule has 6 nitrogen and oxygen atoms in total. The Morgan fingerprint density at radius 3 is 2.90 bits per heavy atom. The van der Waals surface area contributed by atoms with Crippen molar-refractivity contribution in [2.24, 2.45) is 11.7 Å². The summed E-state index contributed by atoms with van der Waals surface area (Å²) in [5.41, 5.74) is 9.70. The van der Waals surface area contributed by atoms with Crippen molar-refractivity contribution in [3.63, 3.8) is 0 Å². The predicted molar refractivity (Wildman–Crippen MR) is 114 cm³/mol. The van der Waals surface area contributed by atoms with E-state index in [1.807, 2.05) is 43.0 Å². The number of hydrogen-bond acceptors (Lipinski definition) is 5. The summed E-state index contributed by atoms with van der Waals surface area (Å²) in [5, 5.41) is 3.64. The molecule has 2 unspecified atom stereocenters. The van der Waals surface area contributed by atoms with Gasteiger partial charge in [0.1, 0.15) is 5.82 Å². The number of hydrogen-bond donors (Lipinski definition) is 2. The monoisotopic (exact) mass is 390 g/mol. The van der Waals surface area contributed by atoms with Crippen molar-refractivity contribution >= 4 is 0 Å². The molecule has 0 radical (unpaired) electrons. The van der Waals surface area contributed by atoms with E-state index in [1.54, 1.807) is 0 Å². The van der Waals surface area contributed by atoms with E-state index in [-0.39, 0.29) is 0 Å². The van der Waals surface area contributed by atoms with E-state index < -0.39 is 0 Å². The Morgan fingerprint density at radius 2 is 2.03 bits per heavy atom. The van der Waals surface area contributed by atoms with Crippen LogP contribution in [-0.2, 0) is 19.5 Å². The van der Waals surface area contributed by atoms with Gasteiger partial charge in [-0.05, 0) is 68.5 Å². The fourth-order valence-electron chi connectivity index (χ4n) is 4.45. The Balaban J connectivity index is 1.39. The number of aromatic nitrogens is 4. The van der Waals surface area contributed by atoms with Crippen LogP contribution in [0.3, 0.4) is 0 Å². The number of fused-ring (bicyclic) bond motifs is 1. The van der Waals surface area contributed by atoms with Crippen LogP contribution in [0.15, 0.2) is 55.1 Å². The van der Waals surface area contributed by atoms with Gasteiger partial charge in [0.2, 0.25) is 0 Å². The Labute approximate surface area is 172 Å². The predicted octanol–water partition coefficient (Wildman–Crippen LogP) is 2.90. The quantitative estimate of drug-likeness (QED) is 0.587. The molecule has 0 aromatic carbocycles. The van der Waals surface area contributed by atoms with Crippen LogP contribution in [0.25, 0.3) is 0 Å². The number of aryl methyl sites for hydroxylation is 1. The summed E-state index contributed by atoms with van der Waals surface area (Å²) in [6.07, 6.45) is 12.2. The van der Waals surface area contributed by atoms with Crippen molar-refractivity contribution in [2.75, 3.05) is 13.1 Å². The van der Waals surface area contributed by atoms with Crippen LogP contribution in [0.2, 0.25) is 0 Å². The summed E-state index contributed by atoms with van der Waals surface area (Å²) in [4.78, 5) is 13.7. The fraction of sp³-hybridized carbons (Fsp3) is 0.435. The Kier molecular flexibility index (Phi) is 6.64. The first-order valence-corrected chi connectivity index (χ1v) is 10.6. The summed E-state index contributed by atoms with van der Waals surface area (Å²) in [7, 11) is 0. The minimum absolute atomic E-state index is 0.490. The zero-order chi connectivity index (χ0) is 19.9. The van der Waals surface area contributed by atoms with Crippen molar-refractivity contribution in [1.82, 2.24) is 24.8 Å². The Bertz CT molecular complexity index is 891. The summed E-state index contributed by atoms with van der Waals surface area (Å²) < 4.78 is 2.16. The van der Waals surface area contributed by atoms with Gasteiger partial charge in [-0.2, -0.15) is 0 Å². The molecule has 1 aliphatic rings. The standard InChI is InChI=1S/C23H30N6/c24-10-9-19(21-8-3-5-18-6-4-12-28-23(18)21)15-25-16-22-27-13-14-29(22)17-20-7-1-2-11-26-20/h1-2,4,6-7,11-14,19,21,25H,3,5,8-10,15-17,24H2. The van der Waals surface area contributed by atoms with Crippen LogP contribution in [0.5, 0.6) is 0 Å². The molecule has 0 fully saturated rings. The first kappa shape index (κ1) is 19.7. The molecule has 0 saturated heterocycles. The molecule has 0 bridgehead atoms. The third kappa shape index (κ3) is 4.89. The maximum absolute atomic E-state index is 5.96. The lowest BCUT2D eigenvalue weighted by molar-refractivity contribution is 0.335. The number of nitrogens with zero attached hydrogens (tertiary/aromatic N) is 4. The van der Waals surface area contributed by atoms with Crippen molar-refractivity contribution in [2.45, 2.75) is 44.7 Å². The number of imidazole rings is 1. The number of nitrogens with two attached hydrogens (primary N) is 1. The molecule has 3 N–H and O–H groups in total. The van der Waals surface area contributed by atoms with Crippen LogP contribution in [0.1, 0.15) is 48.0 Å². The first-order valence-electron chi connectivity index (χ1n) is 10.6. The fourth-order valence-corrected chi connectivity index (χ4v) is 4.45. The van der Waals surface area contributed by atoms with Crippen LogP contribution in [-0.4, -0.2) is 32.6 Å². The molecule has 4 rings (SSSR count). The molecular formula is C23H30N6. The number of pyridine rings is 2. The second-order valence-corrected chi connectivity index (χ2v) is 7.81. The van der Waals surface area contributed by atoms with Crippen LogP contribution in [0, 0.1) is 5.92 Å². The van der Waals surface area contributed by atoms with Crippen LogP contribution >= 0.6 is 0 Å². The van der Waals surface area contributed by atoms with Gasteiger partial charge < -0.3 is 15.6 Å². The molecule has 0 aliphatic heterocycles. The van der Waals surface area contributed by atoms with E-state index >= 15 is 0 Å². The molecule has 1 aliphatic carbocycles. The Hall–Kier alpha value is -2.57. The molecule has 3 aromatic rings. The zero-order valence-electron chi connectivity index (χ0n) is 16.9. The van der Waals surface area contributed by atoms with Gasteiger partial charge in [-0.3, -0.25) is 9.97 Å². The van der Waals surface area contributed by atoms with E-state index in [9.17, 15) is 0 Å². The van der Waals surface area contributed by atoms with Gasteiger partial charge in [-0.1, -0.05) is 12.1 Å². The summed E-state index contributed by atoms with van der Waals surface area (Å²) in [6, 6.07) is 10.3. The number of rotatable bonds is 9. The maximum Gasteiger partial charge on any atom is 0.123 e. The smallest absolute Gasteiger partial charge is 0.123 e. The first-order chi connectivity index (χ1) is 14.3. The van der Waals surface area contributed by atoms with Gasteiger partial charge in [-0.25, -0.2) is 4.98 Å². The SMILES string of the molecule is NCCC(CNCc1nccn1Cc1ccccn1)C1CCCc2cccnc21. The van der Waals surface area contributed by atoms with Gasteiger partial charge >= 0.3 is 0 Å². The highest BCUT2D eigenvalue weighted by atomic mass is 15.1. The average molecular weight is 391 g/mol. The van der Waals surface area contributed by atoms with E-state index in [4.69, 9.17) is 10.7 Å². The highest BCUT2D eigenvalue weighted by molar-refractivity contribution is 5.26. The van der Waals surface area contributed by atoms with Gasteiger partial charge in [0.25, 0.3) is 0 Å². The summed E-state index contributed by atoms with van der Waals surface area (Å²) >= 11 is 0.